The molecule has 0 aliphatic carbocycles. The van der Waals surface area contributed by atoms with Crippen molar-refractivity contribution < 1.29 is 29.1 Å². The second-order valence-electron chi connectivity index (χ2n) is 9.57. The Kier molecular flexibility index (Phi) is 7.76. The molecule has 0 radical (unpaired) electrons. The Balaban J connectivity index is 1.40. The van der Waals surface area contributed by atoms with Gasteiger partial charge in [0.05, 0.1) is 44.0 Å². The number of benzene rings is 2. The molecule has 1 aliphatic heterocycles. The minimum absolute atomic E-state index is 0.0148. The zero-order valence-electron chi connectivity index (χ0n) is 21.3. The molecular formula is C29H30N4O5. The van der Waals surface area contributed by atoms with Crippen molar-refractivity contribution in [2.45, 2.75) is 25.9 Å². The zero-order valence-corrected chi connectivity index (χ0v) is 21.3. The summed E-state index contributed by atoms with van der Waals surface area (Å²) in [6, 6.07) is 17.1. The maximum absolute atomic E-state index is 12.9. The standard InChI is InChI=1S/C29H30N4O5/c1-37-24-5-2-20(3-6-24)18-33-28-17-21(14-23(34)15-22-8-9-30-26(16-22)29(35)36)4-7-25(28)27(31-33)19-32-10-12-38-13-11-32/h2-9,16-17H,10-15,18-19H2,1H3,(H,35,36). The highest BCUT2D eigenvalue weighted by Gasteiger charge is 2.20. The number of nitrogens with one attached hydrogen (secondary N) is 1. The average molecular weight is 515 g/mol. The molecule has 1 N–H and O–H groups in total. The van der Waals surface area contributed by atoms with Crippen molar-refractivity contribution in [1.82, 2.24) is 14.8 Å². The fraction of sp³-hybridized carbons (Fsp3) is 0.310. The van der Waals surface area contributed by atoms with E-state index in [2.05, 4.69) is 11.1 Å². The van der Waals surface area contributed by atoms with Gasteiger partial charge in [-0.15, -0.1) is 0 Å². The lowest BCUT2D eigenvalue weighted by Crippen LogP contribution is -3.12. The summed E-state index contributed by atoms with van der Waals surface area (Å²) < 4.78 is 12.8. The second-order valence-corrected chi connectivity index (χ2v) is 9.57. The normalized spacial score (nSPS) is 14.0. The van der Waals surface area contributed by atoms with E-state index in [1.807, 2.05) is 41.1 Å². The molecule has 0 amide bonds. The number of Topliss-reactive ketones (excluding diaryl/α,β-unsaturated/α-hetero) is 1. The van der Waals surface area contributed by atoms with Gasteiger partial charge in [0.2, 0.25) is 0 Å². The Hall–Kier alpha value is -4.08. The Morgan fingerprint density at radius 3 is 2.42 bits per heavy atom. The van der Waals surface area contributed by atoms with Crippen LogP contribution in [-0.4, -0.2) is 59.9 Å². The topological polar surface area (TPSA) is 111 Å². The first-order chi connectivity index (χ1) is 18.5. The number of fused-ring (bicyclic) bond motifs is 1. The van der Waals surface area contributed by atoms with Gasteiger partial charge in [0, 0.05) is 24.4 Å². The van der Waals surface area contributed by atoms with Gasteiger partial charge < -0.3 is 24.3 Å². The molecular weight excluding hydrogens is 484 g/mol. The Labute approximate surface area is 220 Å². The first kappa shape index (κ1) is 25.6. The molecule has 0 saturated carbocycles. The third-order valence-corrected chi connectivity index (χ3v) is 6.84. The molecule has 0 unspecified atom stereocenters. The van der Waals surface area contributed by atoms with Crippen LogP contribution in [0.15, 0.2) is 60.8 Å². The van der Waals surface area contributed by atoms with Gasteiger partial charge in [-0.3, -0.25) is 14.5 Å². The SMILES string of the molecule is COc1ccc(Cn2nc(C[NH+]3CCOCC3)c3ccc(CC(=O)Cc4ccnc(C(=O)[O-])c4)cc32)cc1. The first-order valence-electron chi connectivity index (χ1n) is 12.7. The van der Waals surface area contributed by atoms with Gasteiger partial charge in [-0.2, -0.15) is 5.10 Å². The molecule has 5 rings (SSSR count). The molecule has 4 aromatic rings. The molecule has 3 heterocycles. The van der Waals surface area contributed by atoms with E-state index in [9.17, 15) is 14.7 Å². The van der Waals surface area contributed by atoms with Gasteiger partial charge >= 0.3 is 0 Å². The van der Waals surface area contributed by atoms with Crippen LogP contribution in [0.4, 0.5) is 0 Å². The van der Waals surface area contributed by atoms with Crippen molar-refractivity contribution >= 4 is 22.7 Å². The van der Waals surface area contributed by atoms with Crippen LogP contribution in [0.1, 0.15) is 32.9 Å². The number of pyridine rings is 1. The summed E-state index contributed by atoms with van der Waals surface area (Å²) in [6.45, 7) is 4.83. The van der Waals surface area contributed by atoms with Gasteiger partial charge in [0.1, 0.15) is 36.9 Å². The van der Waals surface area contributed by atoms with Gasteiger partial charge in [-0.25, -0.2) is 0 Å². The van der Waals surface area contributed by atoms with E-state index in [0.717, 1.165) is 66.3 Å². The molecule has 9 nitrogen and oxygen atoms in total. The number of aromatic nitrogens is 3. The van der Waals surface area contributed by atoms with E-state index in [-0.39, 0.29) is 24.3 Å². The Morgan fingerprint density at radius 2 is 1.71 bits per heavy atom. The highest BCUT2D eigenvalue weighted by Crippen LogP contribution is 2.23. The number of rotatable bonds is 10. The quantitative estimate of drug-likeness (QED) is 0.330. The van der Waals surface area contributed by atoms with Crippen LogP contribution in [0.5, 0.6) is 5.75 Å². The number of hydrogen-bond donors (Lipinski definition) is 1. The molecule has 1 fully saturated rings. The third kappa shape index (κ3) is 6.07. The van der Waals surface area contributed by atoms with Crippen LogP contribution in [0.2, 0.25) is 0 Å². The van der Waals surface area contributed by atoms with Crippen molar-refractivity contribution in [1.29, 1.82) is 0 Å². The predicted octanol–water partition coefficient (Wildman–Crippen LogP) is 0.621. The number of carbonyl (C=O) groups is 2. The number of hydrogen-bond acceptors (Lipinski definition) is 7. The summed E-state index contributed by atoms with van der Waals surface area (Å²) in [4.78, 5) is 29.2. The number of ether oxygens (including phenoxy) is 2. The van der Waals surface area contributed by atoms with Crippen LogP contribution in [-0.2, 0) is 35.5 Å². The number of morpholine rings is 1. The zero-order chi connectivity index (χ0) is 26.5. The number of quaternary nitrogens is 1. The molecule has 1 saturated heterocycles. The van der Waals surface area contributed by atoms with Crippen molar-refractivity contribution in [3.05, 3.63) is 88.9 Å². The predicted molar refractivity (Wildman–Crippen MR) is 138 cm³/mol. The minimum atomic E-state index is -1.36. The van der Waals surface area contributed by atoms with Crippen molar-refractivity contribution in [3.63, 3.8) is 0 Å². The van der Waals surface area contributed by atoms with Crippen molar-refractivity contribution in [3.8, 4) is 5.75 Å². The lowest BCUT2D eigenvalue weighted by molar-refractivity contribution is -0.921. The van der Waals surface area contributed by atoms with Crippen LogP contribution in [0.25, 0.3) is 10.9 Å². The van der Waals surface area contributed by atoms with Gasteiger partial charge in [0.15, 0.2) is 0 Å². The number of nitrogens with zero attached hydrogens (tertiary/aromatic N) is 3. The summed E-state index contributed by atoms with van der Waals surface area (Å²) in [7, 11) is 1.65. The van der Waals surface area contributed by atoms with Gasteiger partial charge in [0.25, 0.3) is 0 Å². The maximum atomic E-state index is 12.9. The lowest BCUT2D eigenvalue weighted by atomic mass is 10.0. The Bertz CT molecular complexity index is 1440. The number of carboxylic acid groups (broad SMARTS) is 1. The first-order valence-corrected chi connectivity index (χ1v) is 12.7. The fourth-order valence-corrected chi connectivity index (χ4v) is 4.84. The van der Waals surface area contributed by atoms with E-state index in [0.29, 0.717) is 12.1 Å². The molecule has 0 atom stereocenters. The summed E-state index contributed by atoms with van der Waals surface area (Å²) in [5, 5.41) is 17.2. The number of carboxylic acids is 1. The fourth-order valence-electron chi connectivity index (χ4n) is 4.84. The van der Waals surface area contributed by atoms with E-state index in [1.165, 1.54) is 17.2 Å². The van der Waals surface area contributed by atoms with Crippen LogP contribution in [0.3, 0.4) is 0 Å². The maximum Gasteiger partial charge on any atom is 0.141 e. The molecule has 2 aromatic carbocycles. The Morgan fingerprint density at radius 1 is 1.00 bits per heavy atom. The molecule has 196 valence electrons. The van der Waals surface area contributed by atoms with E-state index in [4.69, 9.17) is 14.6 Å². The molecule has 9 heteroatoms. The van der Waals surface area contributed by atoms with E-state index < -0.39 is 5.97 Å². The second kappa shape index (κ2) is 11.5. The number of ketones is 1. The highest BCUT2D eigenvalue weighted by molar-refractivity contribution is 5.88. The number of carbonyl (C=O) groups excluding carboxylic acids is 2. The van der Waals surface area contributed by atoms with E-state index in [1.54, 1.807) is 13.2 Å². The van der Waals surface area contributed by atoms with E-state index >= 15 is 0 Å². The molecule has 0 spiro atoms. The van der Waals surface area contributed by atoms with Crippen molar-refractivity contribution in [2.24, 2.45) is 0 Å². The van der Waals surface area contributed by atoms with Crippen LogP contribution >= 0.6 is 0 Å². The number of aromatic carboxylic acids is 1. The largest absolute Gasteiger partial charge is 0.543 e. The third-order valence-electron chi connectivity index (χ3n) is 6.84. The van der Waals surface area contributed by atoms with Crippen LogP contribution < -0.4 is 14.7 Å². The monoisotopic (exact) mass is 514 g/mol. The molecule has 1 aliphatic rings. The molecule has 38 heavy (non-hydrogen) atoms. The summed E-state index contributed by atoms with van der Waals surface area (Å²) in [6.07, 6.45) is 1.74. The molecule has 0 bridgehead atoms. The average Bonchev–Trinajstić information content (AvgIpc) is 3.25. The number of methoxy groups -OCH3 is 1. The molecule has 2 aromatic heterocycles. The summed E-state index contributed by atoms with van der Waals surface area (Å²) in [5.41, 5.74) is 4.44. The van der Waals surface area contributed by atoms with Crippen LogP contribution in [0, 0.1) is 0 Å². The van der Waals surface area contributed by atoms with Gasteiger partial charge in [-0.05, 0) is 47.0 Å². The lowest BCUT2D eigenvalue weighted by Gasteiger charge is -2.22. The smallest absolute Gasteiger partial charge is 0.141 e. The van der Waals surface area contributed by atoms with Crippen molar-refractivity contribution in [2.75, 3.05) is 33.4 Å². The summed E-state index contributed by atoms with van der Waals surface area (Å²) in [5.74, 6) is -0.568. The summed E-state index contributed by atoms with van der Waals surface area (Å²) >= 11 is 0. The highest BCUT2D eigenvalue weighted by atomic mass is 16.5. The minimum Gasteiger partial charge on any atom is -0.543 e. The van der Waals surface area contributed by atoms with Gasteiger partial charge in [-0.1, -0.05) is 24.3 Å².